The first-order valence-corrected chi connectivity index (χ1v) is 9.15. The van der Waals surface area contributed by atoms with Crippen molar-refractivity contribution in [1.29, 1.82) is 0 Å². The summed E-state index contributed by atoms with van der Waals surface area (Å²) in [7, 11) is 5.24. The van der Waals surface area contributed by atoms with E-state index >= 15 is 0 Å². The maximum Gasteiger partial charge on any atom is 0.192 e. The molecule has 0 aromatic carbocycles. The van der Waals surface area contributed by atoms with Gasteiger partial charge in [-0.3, -0.25) is 4.37 Å². The standard InChI is InChI=1S/C10H5Cl2N5S3/c1-17-8-3(2-4-9(17)16-20-19-4)18-10-7(15-8)13-5(11)6(12)14-10/h2,16H,1H3. The summed E-state index contributed by atoms with van der Waals surface area (Å²) < 4.78 is 6.44. The van der Waals surface area contributed by atoms with Crippen molar-refractivity contribution in [3.05, 3.63) is 26.4 Å². The van der Waals surface area contributed by atoms with Gasteiger partial charge in [-0.2, -0.15) is 0 Å². The largest absolute Gasteiger partial charge is 0.313 e. The topological polar surface area (TPSA) is 59.4 Å². The Hall–Kier alpha value is -0.930. The number of rotatable bonds is 0. The molecule has 20 heavy (non-hydrogen) atoms. The van der Waals surface area contributed by atoms with Crippen LogP contribution in [-0.4, -0.2) is 23.9 Å². The van der Waals surface area contributed by atoms with Crippen molar-refractivity contribution in [3.8, 4) is 10.7 Å². The lowest BCUT2D eigenvalue weighted by Gasteiger charge is -2.10. The van der Waals surface area contributed by atoms with Gasteiger partial charge in [0, 0.05) is 7.05 Å². The van der Waals surface area contributed by atoms with E-state index in [4.69, 9.17) is 23.2 Å². The van der Waals surface area contributed by atoms with Crippen molar-refractivity contribution in [1.82, 2.24) is 23.9 Å². The van der Waals surface area contributed by atoms with Crippen molar-refractivity contribution in [3.63, 3.8) is 0 Å². The minimum atomic E-state index is 0.172. The highest BCUT2D eigenvalue weighted by Gasteiger charge is 2.15. The molecule has 0 saturated carbocycles. The summed E-state index contributed by atoms with van der Waals surface area (Å²) in [6, 6.07) is 2.10. The van der Waals surface area contributed by atoms with E-state index in [0.29, 0.717) is 10.5 Å². The monoisotopic (exact) mass is 361 g/mol. The van der Waals surface area contributed by atoms with Crippen LogP contribution in [0.1, 0.15) is 0 Å². The third-order valence-electron chi connectivity index (χ3n) is 2.82. The van der Waals surface area contributed by atoms with Gasteiger partial charge >= 0.3 is 0 Å². The van der Waals surface area contributed by atoms with E-state index in [0.717, 1.165) is 16.2 Å². The molecule has 0 radical (unpaired) electrons. The Bertz CT molecular complexity index is 1000. The number of hydrogen-bond acceptors (Lipinski definition) is 6. The number of aromatic nitrogens is 5. The summed E-state index contributed by atoms with van der Waals surface area (Å²) in [6.07, 6.45) is 0. The molecule has 1 aromatic heterocycles. The van der Waals surface area contributed by atoms with Crippen molar-refractivity contribution >= 4 is 65.9 Å². The van der Waals surface area contributed by atoms with E-state index in [1.807, 2.05) is 11.6 Å². The van der Waals surface area contributed by atoms with E-state index in [-0.39, 0.29) is 10.3 Å². The van der Waals surface area contributed by atoms with Crippen LogP contribution in [0.4, 0.5) is 0 Å². The van der Waals surface area contributed by atoms with Crippen LogP contribution >= 0.6 is 55.4 Å². The second kappa shape index (κ2) is 4.54. The molecule has 0 atom stereocenters. The number of halogens is 2. The molecule has 1 aromatic rings. The van der Waals surface area contributed by atoms with Crippen molar-refractivity contribution < 1.29 is 0 Å². The van der Waals surface area contributed by atoms with E-state index in [1.54, 1.807) is 20.9 Å². The van der Waals surface area contributed by atoms with Crippen molar-refractivity contribution in [2.45, 2.75) is 0 Å². The van der Waals surface area contributed by atoms with E-state index < -0.39 is 0 Å². The zero-order valence-corrected chi connectivity index (χ0v) is 13.8. The normalized spacial score (nSPS) is 11.8. The molecule has 10 heteroatoms. The number of hydrogen-bond donors (Lipinski definition) is 1. The average molecular weight is 362 g/mol. The summed E-state index contributed by atoms with van der Waals surface area (Å²) in [4.78, 5) is 14.7. The van der Waals surface area contributed by atoms with E-state index in [2.05, 4.69) is 25.4 Å². The van der Waals surface area contributed by atoms with Gasteiger partial charge in [-0.1, -0.05) is 33.5 Å². The summed E-state index contributed by atoms with van der Waals surface area (Å²) in [5.41, 5.74) is 1.55. The molecule has 0 saturated heterocycles. The van der Waals surface area contributed by atoms with Crippen LogP contribution in [0.25, 0.3) is 21.2 Å². The van der Waals surface area contributed by atoms with Gasteiger partial charge in [-0.05, 0) is 16.6 Å². The van der Waals surface area contributed by atoms with Gasteiger partial charge in [-0.25, -0.2) is 15.0 Å². The average Bonchev–Trinajstić information content (AvgIpc) is 2.88. The second-order valence-electron chi connectivity index (χ2n) is 4.02. The fourth-order valence-electron chi connectivity index (χ4n) is 1.90. The van der Waals surface area contributed by atoms with Gasteiger partial charge in [0.15, 0.2) is 26.6 Å². The quantitative estimate of drug-likeness (QED) is 0.479. The number of aromatic amines is 1. The SMILES string of the molecule is Cn1c2nc3nc(Cl)c(Cl)nc3sc-2cc2ss[nH]c1=2. The van der Waals surface area contributed by atoms with Crippen LogP contribution in [0.2, 0.25) is 10.3 Å². The highest BCUT2D eigenvalue weighted by molar-refractivity contribution is 7.66. The third kappa shape index (κ3) is 1.83. The maximum atomic E-state index is 5.91. The van der Waals surface area contributed by atoms with Gasteiger partial charge in [0.05, 0.1) is 9.41 Å². The summed E-state index contributed by atoms with van der Waals surface area (Å²) in [5.74, 6) is 0.838. The third-order valence-corrected chi connectivity index (χ3v) is 6.32. The molecule has 4 rings (SSSR count). The molecule has 0 bridgehead atoms. The molecule has 0 unspecified atom stereocenters. The van der Waals surface area contributed by atoms with Crippen molar-refractivity contribution in [2.24, 2.45) is 7.05 Å². The van der Waals surface area contributed by atoms with Crippen LogP contribution in [0.5, 0.6) is 0 Å². The zero-order valence-electron chi connectivity index (χ0n) is 9.85. The Kier molecular flexibility index (Phi) is 2.90. The molecule has 1 N–H and O–H groups in total. The second-order valence-corrected chi connectivity index (χ2v) is 7.74. The van der Waals surface area contributed by atoms with Crippen LogP contribution in [0.15, 0.2) is 6.07 Å². The van der Waals surface area contributed by atoms with Crippen LogP contribution in [-0.2, 0) is 7.05 Å². The predicted octanol–water partition coefficient (Wildman–Crippen LogP) is 4.14. The van der Waals surface area contributed by atoms with Gasteiger partial charge in [0.25, 0.3) is 0 Å². The first kappa shape index (κ1) is 12.8. The van der Waals surface area contributed by atoms with Gasteiger partial charge in [0.1, 0.15) is 5.48 Å². The molecule has 0 fully saturated rings. The first-order valence-electron chi connectivity index (χ1n) is 5.42. The molecular weight excluding hydrogens is 357 g/mol. The smallest absolute Gasteiger partial charge is 0.192 e. The highest BCUT2D eigenvalue weighted by Crippen LogP contribution is 2.32. The molecule has 4 heterocycles. The fourth-order valence-corrected chi connectivity index (χ4v) is 5.22. The molecule has 0 amide bonds. The molecule has 0 aliphatic carbocycles. The van der Waals surface area contributed by atoms with Crippen LogP contribution in [0.3, 0.4) is 0 Å². The lowest BCUT2D eigenvalue weighted by Crippen LogP contribution is -2.04. The summed E-state index contributed by atoms with van der Waals surface area (Å²) in [5, 5.41) is 0.375. The molecule has 0 spiro atoms. The van der Waals surface area contributed by atoms with Gasteiger partial charge in [-0.15, -0.1) is 11.3 Å². The number of nitrogens with one attached hydrogen (secondary N) is 1. The molecule has 3 aliphatic rings. The minimum Gasteiger partial charge on any atom is -0.313 e. The molecule has 102 valence electrons. The lowest BCUT2D eigenvalue weighted by atomic mass is 10.4. The highest BCUT2D eigenvalue weighted by atomic mass is 35.5. The lowest BCUT2D eigenvalue weighted by molar-refractivity contribution is 0.832. The summed E-state index contributed by atoms with van der Waals surface area (Å²) >= 11 is 13.3. The Labute approximate surface area is 133 Å². The minimum absolute atomic E-state index is 0.172. The van der Waals surface area contributed by atoms with Gasteiger partial charge in [0.2, 0.25) is 0 Å². The Morgan fingerprint density at radius 1 is 1.20 bits per heavy atom. The molecular formula is C10H5Cl2N5S3. The van der Waals surface area contributed by atoms with E-state index in [1.165, 1.54) is 15.9 Å². The molecule has 5 nitrogen and oxygen atoms in total. The van der Waals surface area contributed by atoms with Crippen LogP contribution < -0.4 is 0 Å². The van der Waals surface area contributed by atoms with Crippen molar-refractivity contribution in [2.75, 3.05) is 0 Å². The summed E-state index contributed by atoms with van der Waals surface area (Å²) in [6.45, 7) is 0. The zero-order chi connectivity index (χ0) is 13.9. The predicted molar refractivity (Wildman–Crippen MR) is 83.9 cm³/mol. The fraction of sp³-hybridized carbons (Fsp3) is 0.100. The Morgan fingerprint density at radius 3 is 2.85 bits per heavy atom. The van der Waals surface area contributed by atoms with Gasteiger partial charge < -0.3 is 4.57 Å². The number of fused-ring (bicyclic) bond motifs is 2. The first-order chi connectivity index (χ1) is 9.63. The Balaban J connectivity index is 2.22. The van der Waals surface area contributed by atoms with E-state index in [9.17, 15) is 0 Å². The maximum absolute atomic E-state index is 5.91. The number of nitrogens with zero attached hydrogens (tertiary/aromatic N) is 4. The molecule has 3 aliphatic heterocycles. The Morgan fingerprint density at radius 2 is 2.00 bits per heavy atom. The van der Waals surface area contributed by atoms with Crippen LogP contribution in [0, 0.1) is 10.0 Å². The number of H-pyrrole nitrogens is 1.